The highest BCUT2D eigenvalue weighted by molar-refractivity contribution is 6.70. The zero-order valence-electron chi connectivity index (χ0n) is 8.54. The van der Waals surface area contributed by atoms with Gasteiger partial charge in [0, 0.05) is 0 Å². The highest BCUT2D eigenvalue weighted by atomic mass is 35.5. The van der Waals surface area contributed by atoms with Gasteiger partial charge < -0.3 is 9.47 Å². The average molecular weight is 263 g/mol. The highest BCUT2D eigenvalue weighted by Gasteiger charge is 2.22. The molecule has 1 aromatic carbocycles. The molecule has 0 atom stereocenters. The lowest BCUT2D eigenvalue weighted by Crippen LogP contribution is -2.04. The van der Waals surface area contributed by atoms with Gasteiger partial charge in [-0.1, -0.05) is 0 Å². The molecule has 0 amide bonds. The Labute approximate surface area is 102 Å². The Balaban J connectivity index is 3.56. The summed E-state index contributed by atoms with van der Waals surface area (Å²) in [5, 5.41) is -1.52. The van der Waals surface area contributed by atoms with Crippen molar-refractivity contribution in [2.24, 2.45) is 0 Å². The predicted octanol–water partition coefficient (Wildman–Crippen LogP) is 2.46. The molecule has 0 saturated heterocycles. The number of halogens is 2. The lowest BCUT2D eigenvalue weighted by atomic mass is 10.1. The maximum atomic E-state index is 11.2. The van der Waals surface area contributed by atoms with Crippen molar-refractivity contribution >= 4 is 33.7 Å². The van der Waals surface area contributed by atoms with Gasteiger partial charge in [-0.2, -0.15) is 0 Å². The van der Waals surface area contributed by atoms with Gasteiger partial charge in [0.15, 0.2) is 0 Å². The molecular weight excluding hydrogens is 255 g/mol. The number of rotatable bonds is 4. The van der Waals surface area contributed by atoms with Gasteiger partial charge in [0.1, 0.15) is 17.1 Å². The molecule has 0 unspecified atom stereocenters. The van der Waals surface area contributed by atoms with E-state index in [9.17, 15) is 9.59 Å². The van der Waals surface area contributed by atoms with Crippen LogP contribution in [0.5, 0.6) is 11.5 Å². The summed E-state index contributed by atoms with van der Waals surface area (Å²) in [5.41, 5.74) is 0.0483. The molecule has 16 heavy (non-hydrogen) atoms. The molecule has 0 fully saturated rings. The average Bonchev–Trinajstić information content (AvgIpc) is 2.26. The second kappa shape index (κ2) is 5.18. The summed E-state index contributed by atoms with van der Waals surface area (Å²) in [6, 6.07) is 2.82. The van der Waals surface area contributed by atoms with E-state index < -0.39 is 10.5 Å². The first-order valence-electron chi connectivity index (χ1n) is 4.17. The van der Waals surface area contributed by atoms with E-state index in [1.165, 1.54) is 26.4 Å². The van der Waals surface area contributed by atoms with Crippen LogP contribution in [0, 0.1) is 0 Å². The van der Waals surface area contributed by atoms with Gasteiger partial charge in [-0.3, -0.25) is 9.59 Å². The molecule has 0 aliphatic rings. The predicted molar refractivity (Wildman–Crippen MR) is 59.9 cm³/mol. The zero-order valence-corrected chi connectivity index (χ0v) is 10.1. The molecule has 0 heterocycles. The SMILES string of the molecule is COc1ccc(C(=O)Cl)c(OC)c1C(=O)Cl. The number of carbonyl (C=O) groups is 2. The Morgan fingerprint density at radius 2 is 1.69 bits per heavy atom. The minimum Gasteiger partial charge on any atom is -0.496 e. The first-order valence-corrected chi connectivity index (χ1v) is 4.93. The van der Waals surface area contributed by atoms with Gasteiger partial charge >= 0.3 is 0 Å². The van der Waals surface area contributed by atoms with Crippen molar-refractivity contribution < 1.29 is 19.1 Å². The van der Waals surface area contributed by atoms with Crippen LogP contribution in [0.3, 0.4) is 0 Å². The summed E-state index contributed by atoms with van der Waals surface area (Å²) in [7, 11) is 2.68. The number of methoxy groups -OCH3 is 2. The summed E-state index contributed by atoms with van der Waals surface area (Å²) in [6.45, 7) is 0. The maximum absolute atomic E-state index is 11.2. The third-order valence-corrected chi connectivity index (χ3v) is 2.34. The van der Waals surface area contributed by atoms with Crippen LogP contribution in [0.1, 0.15) is 20.7 Å². The first kappa shape index (κ1) is 12.8. The summed E-state index contributed by atoms with van der Waals surface area (Å²) < 4.78 is 9.90. The lowest BCUT2D eigenvalue weighted by Gasteiger charge is -2.12. The van der Waals surface area contributed by atoms with Gasteiger partial charge in [0.2, 0.25) is 0 Å². The van der Waals surface area contributed by atoms with Crippen molar-refractivity contribution in [2.45, 2.75) is 0 Å². The smallest absolute Gasteiger partial charge is 0.259 e. The topological polar surface area (TPSA) is 52.6 Å². The molecule has 0 aromatic heterocycles. The van der Waals surface area contributed by atoms with Crippen molar-refractivity contribution in [1.29, 1.82) is 0 Å². The Hall–Kier alpha value is -1.26. The van der Waals surface area contributed by atoms with Gasteiger partial charge in [-0.05, 0) is 35.3 Å². The van der Waals surface area contributed by atoms with Gasteiger partial charge in [0.25, 0.3) is 10.5 Å². The van der Waals surface area contributed by atoms with E-state index >= 15 is 0 Å². The summed E-state index contributed by atoms with van der Waals surface area (Å²) >= 11 is 10.7. The quantitative estimate of drug-likeness (QED) is 0.783. The molecule has 1 aromatic rings. The summed E-state index contributed by atoms with van der Waals surface area (Å²) in [4.78, 5) is 22.3. The van der Waals surface area contributed by atoms with Crippen LogP contribution in [0.2, 0.25) is 0 Å². The Morgan fingerprint density at radius 1 is 1.06 bits per heavy atom. The van der Waals surface area contributed by atoms with Crippen LogP contribution < -0.4 is 9.47 Å². The third kappa shape index (κ3) is 2.28. The van der Waals surface area contributed by atoms with Crippen molar-refractivity contribution in [2.75, 3.05) is 14.2 Å². The second-order valence-corrected chi connectivity index (χ2v) is 3.46. The van der Waals surface area contributed by atoms with E-state index in [1.807, 2.05) is 0 Å². The Morgan fingerprint density at radius 3 is 2.06 bits per heavy atom. The molecule has 86 valence electrons. The molecule has 0 aliphatic heterocycles. The number of hydrogen-bond acceptors (Lipinski definition) is 4. The van der Waals surface area contributed by atoms with Gasteiger partial charge in [0.05, 0.1) is 19.8 Å². The maximum Gasteiger partial charge on any atom is 0.259 e. The molecular formula is C10H8Cl2O4. The molecule has 0 spiro atoms. The summed E-state index contributed by atoms with van der Waals surface area (Å²) in [6.07, 6.45) is 0. The van der Waals surface area contributed by atoms with E-state index in [4.69, 9.17) is 32.7 Å². The Bertz CT molecular complexity index is 443. The van der Waals surface area contributed by atoms with E-state index in [0.717, 1.165) is 0 Å². The lowest BCUT2D eigenvalue weighted by molar-refractivity contribution is 0.107. The molecule has 6 heteroatoms. The second-order valence-electron chi connectivity index (χ2n) is 2.77. The molecule has 0 N–H and O–H groups in total. The molecule has 1 rings (SSSR count). The van der Waals surface area contributed by atoms with Crippen LogP contribution >= 0.6 is 23.2 Å². The fraction of sp³-hybridized carbons (Fsp3) is 0.200. The fourth-order valence-corrected chi connectivity index (χ4v) is 1.62. The van der Waals surface area contributed by atoms with Crippen LogP contribution in [0.15, 0.2) is 12.1 Å². The van der Waals surface area contributed by atoms with Crippen molar-refractivity contribution in [3.8, 4) is 11.5 Å². The number of ether oxygens (including phenoxy) is 2. The molecule has 0 aliphatic carbocycles. The summed E-state index contributed by atoms with van der Waals surface area (Å²) in [5.74, 6) is 0.234. The van der Waals surface area contributed by atoms with Gasteiger partial charge in [-0.15, -0.1) is 0 Å². The zero-order chi connectivity index (χ0) is 12.3. The van der Waals surface area contributed by atoms with E-state index in [2.05, 4.69) is 0 Å². The molecule has 0 saturated carbocycles. The molecule has 0 radical (unpaired) electrons. The first-order chi connectivity index (χ1) is 7.52. The van der Waals surface area contributed by atoms with E-state index in [1.54, 1.807) is 0 Å². The minimum atomic E-state index is -0.784. The minimum absolute atomic E-state index is 0.0133. The molecule has 0 bridgehead atoms. The van der Waals surface area contributed by atoms with Crippen LogP contribution in [0.4, 0.5) is 0 Å². The van der Waals surface area contributed by atoms with Crippen molar-refractivity contribution in [3.05, 3.63) is 23.3 Å². The molecule has 4 nitrogen and oxygen atoms in total. The Kier molecular flexibility index (Phi) is 4.15. The van der Waals surface area contributed by atoms with Crippen molar-refractivity contribution in [1.82, 2.24) is 0 Å². The van der Waals surface area contributed by atoms with Gasteiger partial charge in [-0.25, -0.2) is 0 Å². The van der Waals surface area contributed by atoms with Crippen LogP contribution in [-0.4, -0.2) is 24.7 Å². The standard InChI is InChI=1S/C10H8Cl2O4/c1-15-6-4-3-5(9(11)13)8(16-2)7(6)10(12)14/h3-4H,1-2H3. The third-order valence-electron chi connectivity index (χ3n) is 1.95. The van der Waals surface area contributed by atoms with E-state index in [0.29, 0.717) is 0 Å². The fourth-order valence-electron chi connectivity index (χ4n) is 1.29. The highest BCUT2D eigenvalue weighted by Crippen LogP contribution is 2.34. The van der Waals surface area contributed by atoms with Crippen molar-refractivity contribution in [3.63, 3.8) is 0 Å². The monoisotopic (exact) mass is 262 g/mol. The normalized spacial score (nSPS) is 9.75. The number of hydrogen-bond donors (Lipinski definition) is 0. The van der Waals surface area contributed by atoms with Crippen LogP contribution in [-0.2, 0) is 0 Å². The van der Waals surface area contributed by atoms with Crippen LogP contribution in [0.25, 0.3) is 0 Å². The van der Waals surface area contributed by atoms with E-state index in [-0.39, 0.29) is 22.6 Å². The number of benzene rings is 1. The number of carbonyl (C=O) groups excluding carboxylic acids is 2. The largest absolute Gasteiger partial charge is 0.496 e.